The molecule has 0 fully saturated rings. The van der Waals surface area contributed by atoms with Gasteiger partial charge in [0.05, 0.1) is 16.9 Å². The van der Waals surface area contributed by atoms with Gasteiger partial charge in [-0.1, -0.05) is 105 Å². The van der Waals surface area contributed by atoms with E-state index in [4.69, 9.17) is 6.35 Å². The van der Waals surface area contributed by atoms with Gasteiger partial charge in [0.15, 0.2) is 0 Å². The minimum Gasteiger partial charge on any atom is 0 e. The Balaban J connectivity index is 0.000000214. The van der Waals surface area contributed by atoms with Crippen molar-refractivity contribution < 1.29 is 21.5 Å². The van der Waals surface area contributed by atoms with Gasteiger partial charge < -0.3 is 4.57 Å². The van der Waals surface area contributed by atoms with E-state index in [1.807, 2.05) is 55.6 Å². The fourth-order valence-electron chi connectivity index (χ4n) is 8.02. The summed E-state index contributed by atoms with van der Waals surface area (Å²) < 4.78 is 14.8. The molecule has 3 nitrogen and oxygen atoms in total. The molecule has 0 amide bonds. The van der Waals surface area contributed by atoms with Crippen LogP contribution in [0.15, 0.2) is 128 Å². The van der Waals surface area contributed by atoms with Crippen molar-refractivity contribution in [2.45, 2.75) is 76.5 Å². The summed E-state index contributed by atoms with van der Waals surface area (Å²) in [5, 5.41) is 5.01. The Kier molecular flexibility index (Phi) is 11.9. The van der Waals surface area contributed by atoms with Gasteiger partial charge in [-0.05, 0) is 50.6 Å². The summed E-state index contributed by atoms with van der Waals surface area (Å²) in [4.78, 5) is 9.99. The summed E-state index contributed by atoms with van der Waals surface area (Å²) in [6.07, 6.45) is 2.00. The minimum atomic E-state index is -2.03. The predicted molar refractivity (Wildman–Crippen MR) is 249 cm³/mol. The molecule has 1 radical (unpaired) electrons. The van der Waals surface area contributed by atoms with Crippen LogP contribution in [0, 0.1) is 12.1 Å². The van der Waals surface area contributed by atoms with Gasteiger partial charge in [0, 0.05) is 35.9 Å². The first-order valence-corrected chi connectivity index (χ1v) is 28.2. The Bertz CT molecular complexity index is 2910. The monoisotopic (exact) mass is 1020 g/mol. The summed E-state index contributed by atoms with van der Waals surface area (Å²) in [6.45, 7) is 13.1. The molecule has 58 heavy (non-hydrogen) atoms. The van der Waals surface area contributed by atoms with E-state index in [2.05, 4.69) is 164 Å². The molecule has 9 aromatic rings. The van der Waals surface area contributed by atoms with Crippen LogP contribution in [0.5, 0.6) is 0 Å². The van der Waals surface area contributed by atoms with Crippen molar-refractivity contribution in [2.75, 3.05) is 0 Å². The van der Waals surface area contributed by atoms with Gasteiger partial charge in [-0.2, -0.15) is 11.3 Å². The number of nitrogens with zero attached hydrogens (tertiary/aromatic N) is 3. The van der Waals surface area contributed by atoms with Gasteiger partial charge >= 0.3 is 120 Å². The zero-order valence-corrected chi connectivity index (χ0v) is 40.2. The predicted octanol–water partition coefficient (Wildman–Crippen LogP) is 14.5. The molecule has 3 heterocycles. The summed E-state index contributed by atoms with van der Waals surface area (Å²) in [5.74, 6) is 8.15. The maximum Gasteiger partial charge on any atom is 0 e. The molecular formula is C52H51GeIrN3S-2. The molecule has 0 saturated carbocycles. The third-order valence-corrected chi connectivity index (χ3v) is 16.3. The van der Waals surface area contributed by atoms with Gasteiger partial charge in [-0.3, -0.25) is 4.98 Å². The van der Waals surface area contributed by atoms with E-state index in [1.165, 1.54) is 57.7 Å². The number of thiophene rings is 1. The summed E-state index contributed by atoms with van der Waals surface area (Å²) in [7, 11) is 0. The second-order valence-corrected chi connectivity index (χ2v) is 28.5. The topological polar surface area (TPSA) is 30.7 Å². The molecular weight excluding hydrogens is 963 g/mol. The first-order chi connectivity index (χ1) is 27.7. The quantitative estimate of drug-likeness (QED) is 0.118. The number of benzene rings is 6. The molecule has 9 rings (SSSR count). The molecule has 6 heteroatoms. The van der Waals surface area contributed by atoms with Crippen molar-refractivity contribution in [3.8, 4) is 28.3 Å². The van der Waals surface area contributed by atoms with Gasteiger partial charge in [0.1, 0.15) is 0 Å². The smallest absolute Gasteiger partial charge is 0 e. The maximum atomic E-state index is 8.44. The van der Waals surface area contributed by atoms with Crippen molar-refractivity contribution in [3.63, 3.8) is 0 Å². The number of hydrogen-bond acceptors (Lipinski definition) is 3. The zero-order valence-electron chi connectivity index (χ0n) is 35.9. The molecule has 0 spiro atoms. The van der Waals surface area contributed by atoms with E-state index in [1.54, 1.807) is 0 Å². The summed E-state index contributed by atoms with van der Waals surface area (Å²) >= 11 is -0.189. The Morgan fingerprint density at radius 2 is 1.38 bits per heavy atom. The number of fused-ring (bicyclic) bond motifs is 6. The number of aromatic nitrogens is 3. The second-order valence-electron chi connectivity index (χ2n) is 16.9. The van der Waals surface area contributed by atoms with E-state index < -0.39 is 19.2 Å². The van der Waals surface area contributed by atoms with Crippen molar-refractivity contribution in [1.29, 1.82) is 0 Å². The average molecular weight is 1020 g/mol. The van der Waals surface area contributed by atoms with Crippen LogP contribution in [0.1, 0.15) is 77.3 Å². The van der Waals surface area contributed by atoms with Crippen LogP contribution in [0.2, 0.25) is 17.3 Å². The SMILES string of the molecule is CC(C)c1cccc(C(C)C)c1-n1c(-c2[c-]ccc3c2sc2ccccc23)nc2ccc3ccccc3c21.[2H]C(C)(C)c1cc(-c2[c-]cccc2)nc[c]1[Ge]([CH3])([CH3])[CH3].[Ir]. The third-order valence-electron chi connectivity index (χ3n) is 10.9. The van der Waals surface area contributed by atoms with Crippen molar-refractivity contribution in [1.82, 2.24) is 14.5 Å². The Morgan fingerprint density at radius 1 is 0.690 bits per heavy atom. The Labute approximate surface area is 365 Å². The molecule has 0 N–H and O–H groups in total. The van der Waals surface area contributed by atoms with E-state index in [0.29, 0.717) is 11.8 Å². The van der Waals surface area contributed by atoms with Crippen molar-refractivity contribution in [3.05, 3.63) is 156 Å². The second kappa shape index (κ2) is 17.1. The van der Waals surface area contributed by atoms with Crippen LogP contribution in [0.25, 0.3) is 70.3 Å². The first kappa shape index (κ1) is 40.4. The summed E-state index contributed by atoms with van der Waals surface area (Å²) in [5.41, 5.74) is 10.2. The van der Waals surface area contributed by atoms with Crippen LogP contribution in [0.3, 0.4) is 0 Å². The normalized spacial score (nSPS) is 12.3. The van der Waals surface area contributed by atoms with Crippen molar-refractivity contribution in [2.24, 2.45) is 0 Å². The number of pyridine rings is 1. The molecule has 295 valence electrons. The molecule has 0 bridgehead atoms. The molecule has 3 aromatic heterocycles. The van der Waals surface area contributed by atoms with Crippen LogP contribution in [0.4, 0.5) is 0 Å². The van der Waals surface area contributed by atoms with E-state index in [-0.39, 0.29) is 20.1 Å². The number of para-hydroxylation sites is 1. The standard InChI is InChI=1S/C35H29N2S.C17H22GeN.Ir/c1-21(2)24-14-9-15-25(22(3)4)32(24)37-33-26-12-6-5-11-23(26)19-20-30(33)36-35(37)29-17-10-16-28-27-13-7-8-18-31(27)38-34(28)29;1-13(2)15-11-17(14-9-7-6-8-10-14)19-12-16(15)18(3,4)5;/h5-16,18-22H,1-4H3;6-9,11-13H,1-5H3;/q2*-1;/i;13D;. The Hall–Kier alpha value is -4.39. The molecule has 0 atom stereocenters. The fourth-order valence-corrected chi connectivity index (χ4v) is 12.5. The summed E-state index contributed by atoms with van der Waals surface area (Å²) in [6, 6.07) is 49.6. The fraction of sp³-hybridized carbons (Fsp3) is 0.231. The van der Waals surface area contributed by atoms with Crippen molar-refractivity contribution >= 4 is 71.0 Å². The molecule has 0 aliphatic rings. The maximum absolute atomic E-state index is 8.44. The average Bonchev–Trinajstić information content (AvgIpc) is 3.79. The van der Waals surface area contributed by atoms with Crippen LogP contribution in [-0.4, -0.2) is 27.8 Å². The van der Waals surface area contributed by atoms with E-state index in [0.717, 1.165) is 33.7 Å². The first-order valence-electron chi connectivity index (χ1n) is 20.6. The molecule has 0 unspecified atom stereocenters. The van der Waals surface area contributed by atoms with Gasteiger partial charge in [0.2, 0.25) is 0 Å². The minimum absolute atomic E-state index is 0. The molecule has 0 saturated heterocycles. The van der Waals surface area contributed by atoms with Gasteiger partial charge in [0.25, 0.3) is 0 Å². The number of rotatable bonds is 7. The molecule has 0 aliphatic heterocycles. The van der Waals surface area contributed by atoms with Crippen LogP contribution < -0.4 is 4.40 Å². The number of imidazole rings is 1. The molecule has 0 aliphatic carbocycles. The molecule has 6 aromatic carbocycles. The van der Waals surface area contributed by atoms with Gasteiger partial charge in [-0.25, -0.2) is 0 Å². The third kappa shape index (κ3) is 7.87. The number of hydrogen-bond donors (Lipinski definition) is 0. The van der Waals surface area contributed by atoms with E-state index in [9.17, 15) is 0 Å². The van der Waals surface area contributed by atoms with E-state index >= 15 is 0 Å². The Morgan fingerprint density at radius 3 is 2.05 bits per heavy atom. The van der Waals surface area contributed by atoms with Gasteiger partial charge in [-0.15, -0.1) is 18.2 Å². The zero-order chi connectivity index (χ0) is 40.9. The largest absolute Gasteiger partial charge is 0 e. The van der Waals surface area contributed by atoms with Crippen LogP contribution in [-0.2, 0) is 20.1 Å². The van der Waals surface area contributed by atoms with Crippen LogP contribution >= 0.6 is 11.3 Å².